The molecule has 0 amide bonds. The lowest BCUT2D eigenvalue weighted by Gasteiger charge is -2.10. The van der Waals surface area contributed by atoms with Gasteiger partial charge in [-0.25, -0.2) is 4.98 Å². The number of benzene rings is 1. The Hall–Kier alpha value is -2.10. The zero-order valence-electron chi connectivity index (χ0n) is 13.7. The van der Waals surface area contributed by atoms with Gasteiger partial charge in [0.15, 0.2) is 5.96 Å². The van der Waals surface area contributed by atoms with Crippen LogP contribution in [0, 0.1) is 0 Å². The molecule has 1 aromatic carbocycles. The third-order valence-electron chi connectivity index (χ3n) is 3.58. The number of hydrogen-bond donors (Lipinski definition) is 2. The van der Waals surface area contributed by atoms with Crippen LogP contribution >= 0.6 is 24.0 Å². The van der Waals surface area contributed by atoms with Gasteiger partial charge in [0.25, 0.3) is 0 Å². The van der Waals surface area contributed by atoms with E-state index in [1.807, 2.05) is 25.2 Å². The summed E-state index contributed by atoms with van der Waals surface area (Å²) in [6, 6.07) is 10.1. The average Bonchev–Trinajstić information content (AvgIpc) is 3.16. The first-order valence-electron chi connectivity index (χ1n) is 7.51. The minimum Gasteiger partial charge on any atom is -0.461 e. The van der Waals surface area contributed by atoms with Crippen molar-refractivity contribution in [3.63, 3.8) is 0 Å². The molecule has 0 saturated heterocycles. The number of rotatable bonds is 5. The maximum atomic E-state index is 5.80. The number of para-hydroxylation sites is 1. The monoisotopic (exact) mass is 440 g/mol. The molecule has 0 aliphatic heterocycles. The SMILES string of the molecule is CN=C(NCCc1cc2ccccc2o1)NCc1ncnn1C.I. The van der Waals surface area contributed by atoms with E-state index in [2.05, 4.69) is 37.8 Å². The van der Waals surface area contributed by atoms with Gasteiger partial charge in [-0.05, 0) is 12.1 Å². The van der Waals surface area contributed by atoms with Crippen molar-refractivity contribution in [2.45, 2.75) is 13.0 Å². The van der Waals surface area contributed by atoms with Crippen molar-refractivity contribution in [1.82, 2.24) is 25.4 Å². The third kappa shape index (κ3) is 4.47. The van der Waals surface area contributed by atoms with Gasteiger partial charge in [-0.1, -0.05) is 18.2 Å². The summed E-state index contributed by atoms with van der Waals surface area (Å²) in [7, 11) is 3.61. The lowest BCUT2D eigenvalue weighted by Crippen LogP contribution is -2.38. The highest BCUT2D eigenvalue weighted by molar-refractivity contribution is 14.0. The molecule has 0 spiro atoms. The summed E-state index contributed by atoms with van der Waals surface area (Å²) in [4.78, 5) is 8.36. The van der Waals surface area contributed by atoms with E-state index in [1.165, 1.54) is 6.33 Å². The topological polar surface area (TPSA) is 80.3 Å². The van der Waals surface area contributed by atoms with Crippen molar-refractivity contribution in [2.24, 2.45) is 12.0 Å². The van der Waals surface area contributed by atoms with E-state index in [0.29, 0.717) is 6.54 Å². The number of aliphatic imine (C=N–C) groups is 1. The molecule has 2 aromatic heterocycles. The van der Waals surface area contributed by atoms with Crippen LogP contribution in [-0.4, -0.2) is 34.3 Å². The predicted octanol–water partition coefficient (Wildman–Crippen LogP) is 2.09. The molecular formula is C16H21IN6O. The summed E-state index contributed by atoms with van der Waals surface area (Å²) in [6.07, 6.45) is 2.33. The Morgan fingerprint density at radius 1 is 1.29 bits per heavy atom. The largest absolute Gasteiger partial charge is 0.461 e. The molecule has 0 aliphatic carbocycles. The Kier molecular flexibility index (Phi) is 6.59. The van der Waals surface area contributed by atoms with Crippen molar-refractivity contribution in [3.05, 3.63) is 48.2 Å². The van der Waals surface area contributed by atoms with Crippen LogP contribution in [0.2, 0.25) is 0 Å². The normalized spacial score (nSPS) is 11.3. The zero-order valence-corrected chi connectivity index (χ0v) is 16.0. The molecule has 24 heavy (non-hydrogen) atoms. The van der Waals surface area contributed by atoms with E-state index in [9.17, 15) is 0 Å². The van der Waals surface area contributed by atoms with Crippen LogP contribution in [0.4, 0.5) is 0 Å². The fraction of sp³-hybridized carbons (Fsp3) is 0.312. The molecule has 3 aromatic rings. The number of furan rings is 1. The summed E-state index contributed by atoms with van der Waals surface area (Å²) >= 11 is 0. The summed E-state index contributed by atoms with van der Waals surface area (Å²) in [5.74, 6) is 2.54. The Morgan fingerprint density at radius 3 is 2.83 bits per heavy atom. The van der Waals surface area contributed by atoms with Gasteiger partial charge >= 0.3 is 0 Å². The van der Waals surface area contributed by atoms with Crippen LogP contribution in [0.1, 0.15) is 11.6 Å². The molecule has 0 fully saturated rings. The lowest BCUT2D eigenvalue weighted by molar-refractivity contribution is 0.544. The maximum Gasteiger partial charge on any atom is 0.191 e. The van der Waals surface area contributed by atoms with Gasteiger partial charge in [-0.3, -0.25) is 9.67 Å². The van der Waals surface area contributed by atoms with Gasteiger partial charge in [0.2, 0.25) is 0 Å². The van der Waals surface area contributed by atoms with Crippen LogP contribution in [0.3, 0.4) is 0 Å². The summed E-state index contributed by atoms with van der Waals surface area (Å²) in [5.41, 5.74) is 0.923. The average molecular weight is 440 g/mol. The first-order chi connectivity index (χ1) is 11.3. The number of hydrogen-bond acceptors (Lipinski definition) is 4. The van der Waals surface area contributed by atoms with Crippen molar-refractivity contribution < 1.29 is 4.42 Å². The zero-order chi connectivity index (χ0) is 16.1. The van der Waals surface area contributed by atoms with Gasteiger partial charge in [0.1, 0.15) is 23.5 Å². The maximum absolute atomic E-state index is 5.80. The minimum absolute atomic E-state index is 0. The Bertz CT molecular complexity index is 777. The lowest BCUT2D eigenvalue weighted by atomic mass is 10.2. The number of nitrogens with zero attached hydrogens (tertiary/aromatic N) is 4. The van der Waals surface area contributed by atoms with E-state index in [4.69, 9.17) is 4.42 Å². The quantitative estimate of drug-likeness (QED) is 0.361. The van der Waals surface area contributed by atoms with Crippen molar-refractivity contribution in [3.8, 4) is 0 Å². The van der Waals surface area contributed by atoms with Gasteiger partial charge in [0.05, 0.1) is 6.54 Å². The molecule has 2 N–H and O–H groups in total. The molecule has 128 valence electrons. The van der Waals surface area contributed by atoms with Crippen molar-refractivity contribution in [1.29, 1.82) is 0 Å². The second kappa shape index (κ2) is 8.67. The fourth-order valence-corrected chi connectivity index (χ4v) is 2.33. The van der Waals surface area contributed by atoms with Crippen LogP contribution in [0.25, 0.3) is 11.0 Å². The number of nitrogens with one attached hydrogen (secondary N) is 2. The van der Waals surface area contributed by atoms with Crippen molar-refractivity contribution >= 4 is 40.9 Å². The molecular weight excluding hydrogens is 419 g/mol. The van der Waals surface area contributed by atoms with Gasteiger partial charge < -0.3 is 15.1 Å². The molecule has 0 unspecified atom stereocenters. The minimum atomic E-state index is 0. The number of guanidine groups is 1. The molecule has 0 atom stereocenters. The Labute approximate surface area is 157 Å². The molecule has 0 radical (unpaired) electrons. The Balaban J connectivity index is 0.00000208. The first-order valence-corrected chi connectivity index (χ1v) is 7.51. The predicted molar refractivity (Wildman–Crippen MR) is 105 cm³/mol. The molecule has 0 saturated carbocycles. The van der Waals surface area contributed by atoms with E-state index in [1.54, 1.807) is 11.7 Å². The summed E-state index contributed by atoms with van der Waals surface area (Å²) in [6.45, 7) is 1.30. The summed E-state index contributed by atoms with van der Waals surface area (Å²) < 4.78 is 7.53. The number of aryl methyl sites for hydroxylation is 1. The highest BCUT2D eigenvalue weighted by Crippen LogP contribution is 2.18. The summed E-state index contributed by atoms with van der Waals surface area (Å²) in [5, 5.41) is 11.6. The highest BCUT2D eigenvalue weighted by atomic mass is 127. The van der Waals surface area contributed by atoms with Gasteiger partial charge in [-0.15, -0.1) is 24.0 Å². The number of aromatic nitrogens is 3. The number of fused-ring (bicyclic) bond motifs is 1. The van der Waals surface area contributed by atoms with Crippen LogP contribution in [0.5, 0.6) is 0 Å². The highest BCUT2D eigenvalue weighted by Gasteiger charge is 2.05. The van der Waals surface area contributed by atoms with Gasteiger partial charge in [0, 0.05) is 32.4 Å². The van der Waals surface area contributed by atoms with Crippen molar-refractivity contribution in [2.75, 3.05) is 13.6 Å². The molecule has 0 bridgehead atoms. The standard InChI is InChI=1S/C16H20N6O.HI/c1-17-16(19-10-15-20-11-21-22(15)2)18-8-7-13-9-12-5-3-4-6-14(12)23-13;/h3-6,9,11H,7-8,10H2,1-2H3,(H2,17,18,19);1H. The molecule has 3 rings (SSSR count). The molecule has 7 nitrogen and oxygen atoms in total. The van der Waals surface area contributed by atoms with Crippen LogP contribution in [-0.2, 0) is 20.0 Å². The molecule has 2 heterocycles. The molecule has 8 heteroatoms. The fourth-order valence-electron chi connectivity index (χ4n) is 2.33. The first kappa shape index (κ1) is 18.2. The van der Waals surface area contributed by atoms with E-state index in [0.717, 1.165) is 41.5 Å². The Morgan fingerprint density at radius 2 is 2.12 bits per heavy atom. The second-order valence-electron chi connectivity index (χ2n) is 5.15. The number of halogens is 1. The van der Waals surface area contributed by atoms with Crippen LogP contribution in [0.15, 0.2) is 46.1 Å². The molecule has 0 aliphatic rings. The van der Waals surface area contributed by atoms with Crippen LogP contribution < -0.4 is 10.6 Å². The smallest absolute Gasteiger partial charge is 0.191 e. The van der Waals surface area contributed by atoms with E-state index < -0.39 is 0 Å². The van der Waals surface area contributed by atoms with E-state index in [-0.39, 0.29) is 24.0 Å². The second-order valence-corrected chi connectivity index (χ2v) is 5.15. The van der Waals surface area contributed by atoms with E-state index >= 15 is 0 Å². The third-order valence-corrected chi connectivity index (χ3v) is 3.58. The van der Waals surface area contributed by atoms with Gasteiger partial charge in [-0.2, -0.15) is 5.10 Å².